The molecule has 5 rings (SSSR count). The normalized spacial score (nSPS) is 14.9. The summed E-state index contributed by atoms with van der Waals surface area (Å²) in [7, 11) is 0. The Morgan fingerprint density at radius 2 is 1.80 bits per heavy atom. The van der Waals surface area contributed by atoms with Gasteiger partial charge in [0.05, 0.1) is 5.39 Å². The van der Waals surface area contributed by atoms with E-state index in [1.54, 1.807) is 6.33 Å². The van der Waals surface area contributed by atoms with Crippen LogP contribution in [0.1, 0.15) is 37.7 Å². The van der Waals surface area contributed by atoms with Crippen LogP contribution in [0.4, 0.5) is 5.82 Å². The average molecular weight is 417 g/mol. The number of anilines is 1. The van der Waals surface area contributed by atoms with Gasteiger partial charge >= 0.3 is 0 Å². The van der Waals surface area contributed by atoms with Crippen LogP contribution in [0.15, 0.2) is 61.1 Å². The Bertz CT molecular complexity index is 1180. The van der Waals surface area contributed by atoms with Crippen molar-refractivity contribution in [2.75, 3.05) is 5.32 Å². The summed E-state index contributed by atoms with van der Waals surface area (Å²) < 4.78 is 2.12. The van der Waals surface area contributed by atoms with Crippen LogP contribution >= 0.6 is 11.6 Å². The Kier molecular flexibility index (Phi) is 5.17. The first-order chi connectivity index (χ1) is 14.7. The molecule has 152 valence electrons. The lowest BCUT2D eigenvalue weighted by Gasteiger charge is -2.23. The predicted molar refractivity (Wildman–Crippen MR) is 125 cm³/mol. The first-order valence-corrected chi connectivity index (χ1v) is 11.0. The quantitative estimate of drug-likeness (QED) is 0.398. The molecule has 2 heterocycles. The summed E-state index contributed by atoms with van der Waals surface area (Å²) in [5, 5.41) is 5.54. The van der Waals surface area contributed by atoms with Gasteiger partial charge in [0.25, 0.3) is 0 Å². The molecule has 0 bridgehead atoms. The third kappa shape index (κ3) is 3.56. The molecule has 0 aliphatic heterocycles. The fourth-order valence-corrected chi connectivity index (χ4v) is 4.55. The van der Waals surface area contributed by atoms with Gasteiger partial charge in [0.2, 0.25) is 0 Å². The largest absolute Gasteiger partial charge is 0.367 e. The Hall–Kier alpha value is -2.85. The summed E-state index contributed by atoms with van der Waals surface area (Å²) in [6.45, 7) is 2.02. The van der Waals surface area contributed by atoms with Crippen LogP contribution in [-0.4, -0.2) is 20.6 Å². The van der Waals surface area contributed by atoms with Gasteiger partial charge in [-0.05, 0) is 43.0 Å². The minimum atomic E-state index is 0.470. The van der Waals surface area contributed by atoms with E-state index in [9.17, 15) is 0 Å². The standard InChI is InChI=1S/C25H25ClN4/c1-17-12-13-20(14-22(17)26)30-15-21(18-8-4-2-5-9-18)23-24(27-16-28-25(23)30)29-19-10-6-3-7-11-19/h2,4-5,8-9,12-16,19H,3,6-7,10-11H2,1H3,(H,27,28,29). The van der Waals surface area contributed by atoms with Gasteiger partial charge in [0, 0.05) is 28.5 Å². The second-order valence-electron chi connectivity index (χ2n) is 8.11. The molecule has 2 aromatic carbocycles. The maximum Gasteiger partial charge on any atom is 0.150 e. The molecule has 1 aliphatic carbocycles. The monoisotopic (exact) mass is 416 g/mol. The molecule has 1 saturated carbocycles. The van der Waals surface area contributed by atoms with Gasteiger partial charge < -0.3 is 9.88 Å². The van der Waals surface area contributed by atoms with E-state index in [4.69, 9.17) is 11.6 Å². The number of benzene rings is 2. The Morgan fingerprint density at radius 3 is 2.57 bits per heavy atom. The number of fused-ring (bicyclic) bond motifs is 1. The predicted octanol–water partition coefficient (Wildman–Crippen LogP) is 6.79. The minimum absolute atomic E-state index is 0.470. The van der Waals surface area contributed by atoms with E-state index in [1.165, 1.54) is 32.1 Å². The van der Waals surface area contributed by atoms with Crippen LogP contribution in [0.3, 0.4) is 0 Å². The van der Waals surface area contributed by atoms with Crippen molar-refractivity contribution >= 4 is 28.5 Å². The number of aryl methyl sites for hydroxylation is 1. The molecule has 0 saturated heterocycles. The third-order valence-electron chi connectivity index (χ3n) is 6.05. The topological polar surface area (TPSA) is 42.7 Å². The second-order valence-corrected chi connectivity index (χ2v) is 8.52. The maximum atomic E-state index is 6.44. The van der Waals surface area contributed by atoms with E-state index in [0.717, 1.165) is 44.3 Å². The molecule has 30 heavy (non-hydrogen) atoms. The van der Waals surface area contributed by atoms with E-state index in [-0.39, 0.29) is 0 Å². The molecule has 0 spiro atoms. The number of nitrogens with one attached hydrogen (secondary N) is 1. The number of hydrogen-bond acceptors (Lipinski definition) is 3. The highest BCUT2D eigenvalue weighted by Gasteiger charge is 2.20. The molecule has 1 fully saturated rings. The Morgan fingerprint density at radius 1 is 1.00 bits per heavy atom. The SMILES string of the molecule is Cc1ccc(-n2cc(-c3ccccc3)c3c(NC4CCCCC4)ncnc32)cc1Cl. The van der Waals surface area contributed by atoms with Gasteiger partial charge in [0.1, 0.15) is 12.1 Å². The molecule has 5 heteroatoms. The summed E-state index contributed by atoms with van der Waals surface area (Å²) in [6.07, 6.45) is 10.1. The van der Waals surface area contributed by atoms with Crippen molar-refractivity contribution in [3.8, 4) is 16.8 Å². The molecular weight excluding hydrogens is 392 g/mol. The van der Waals surface area contributed by atoms with Crippen molar-refractivity contribution in [2.45, 2.75) is 45.1 Å². The number of halogens is 1. The lowest BCUT2D eigenvalue weighted by molar-refractivity contribution is 0.462. The molecule has 2 aromatic heterocycles. The highest BCUT2D eigenvalue weighted by molar-refractivity contribution is 6.31. The molecule has 1 N–H and O–H groups in total. The Labute approximate surface area is 181 Å². The van der Waals surface area contributed by atoms with Gasteiger partial charge in [-0.2, -0.15) is 0 Å². The number of rotatable bonds is 4. The van der Waals surface area contributed by atoms with E-state index in [2.05, 4.69) is 56.4 Å². The summed E-state index contributed by atoms with van der Waals surface area (Å²) in [6, 6.07) is 17.1. The molecule has 0 radical (unpaired) electrons. The number of nitrogens with zero attached hydrogens (tertiary/aromatic N) is 3. The fraction of sp³-hybridized carbons (Fsp3) is 0.280. The molecule has 4 nitrogen and oxygen atoms in total. The van der Waals surface area contributed by atoms with Gasteiger partial charge in [-0.3, -0.25) is 0 Å². The van der Waals surface area contributed by atoms with Crippen LogP contribution in [0.2, 0.25) is 5.02 Å². The highest BCUT2D eigenvalue weighted by Crippen LogP contribution is 2.36. The summed E-state index contributed by atoms with van der Waals surface area (Å²) in [5.74, 6) is 0.919. The van der Waals surface area contributed by atoms with E-state index < -0.39 is 0 Å². The molecule has 4 aromatic rings. The van der Waals surface area contributed by atoms with Crippen LogP contribution in [0.5, 0.6) is 0 Å². The first-order valence-electron chi connectivity index (χ1n) is 10.7. The van der Waals surface area contributed by atoms with Crippen molar-refractivity contribution in [1.29, 1.82) is 0 Å². The van der Waals surface area contributed by atoms with Gasteiger partial charge in [-0.15, -0.1) is 0 Å². The van der Waals surface area contributed by atoms with E-state index in [0.29, 0.717) is 6.04 Å². The zero-order chi connectivity index (χ0) is 20.5. The van der Waals surface area contributed by atoms with E-state index >= 15 is 0 Å². The average Bonchev–Trinajstić information content (AvgIpc) is 3.18. The molecule has 0 atom stereocenters. The molecular formula is C25H25ClN4. The smallest absolute Gasteiger partial charge is 0.150 e. The van der Waals surface area contributed by atoms with Crippen LogP contribution in [0.25, 0.3) is 27.8 Å². The van der Waals surface area contributed by atoms with Crippen molar-refractivity contribution in [3.63, 3.8) is 0 Å². The lowest BCUT2D eigenvalue weighted by Crippen LogP contribution is -2.23. The zero-order valence-corrected chi connectivity index (χ0v) is 17.9. The van der Waals surface area contributed by atoms with Crippen LogP contribution in [-0.2, 0) is 0 Å². The first kappa shape index (κ1) is 19.1. The van der Waals surface area contributed by atoms with Gasteiger partial charge in [-0.1, -0.05) is 67.3 Å². The number of hydrogen-bond donors (Lipinski definition) is 1. The lowest BCUT2D eigenvalue weighted by atomic mass is 9.95. The molecule has 1 aliphatic rings. The van der Waals surface area contributed by atoms with Crippen LogP contribution in [0, 0.1) is 6.92 Å². The van der Waals surface area contributed by atoms with Gasteiger partial charge in [-0.25, -0.2) is 9.97 Å². The molecule has 0 amide bonds. The third-order valence-corrected chi connectivity index (χ3v) is 6.45. The zero-order valence-electron chi connectivity index (χ0n) is 17.1. The van der Waals surface area contributed by atoms with Gasteiger partial charge in [0.15, 0.2) is 5.65 Å². The summed E-state index contributed by atoms with van der Waals surface area (Å²) in [4.78, 5) is 9.34. The highest BCUT2D eigenvalue weighted by atomic mass is 35.5. The minimum Gasteiger partial charge on any atom is -0.367 e. The van der Waals surface area contributed by atoms with E-state index in [1.807, 2.05) is 25.1 Å². The number of aromatic nitrogens is 3. The van der Waals surface area contributed by atoms with Crippen molar-refractivity contribution in [3.05, 3.63) is 71.6 Å². The maximum absolute atomic E-state index is 6.44. The fourth-order valence-electron chi connectivity index (χ4n) is 4.38. The van der Waals surface area contributed by atoms with Crippen molar-refractivity contribution < 1.29 is 0 Å². The molecule has 0 unspecified atom stereocenters. The van der Waals surface area contributed by atoms with Crippen molar-refractivity contribution in [2.24, 2.45) is 0 Å². The second kappa shape index (κ2) is 8.11. The summed E-state index contributed by atoms with van der Waals surface area (Å²) in [5.41, 5.74) is 5.23. The van der Waals surface area contributed by atoms with Crippen molar-refractivity contribution in [1.82, 2.24) is 14.5 Å². The summed E-state index contributed by atoms with van der Waals surface area (Å²) >= 11 is 6.44. The van der Waals surface area contributed by atoms with Crippen LogP contribution < -0.4 is 5.32 Å². The Balaban J connectivity index is 1.70.